The molecule has 1 unspecified atom stereocenters. The van der Waals surface area contributed by atoms with Crippen molar-refractivity contribution in [3.63, 3.8) is 0 Å². The summed E-state index contributed by atoms with van der Waals surface area (Å²) in [5, 5.41) is 13.2. The van der Waals surface area contributed by atoms with Gasteiger partial charge >= 0.3 is 6.09 Å². The fraction of sp³-hybridized carbons (Fsp3) is 0.438. The van der Waals surface area contributed by atoms with Gasteiger partial charge < -0.3 is 9.84 Å². The molecule has 0 aromatic heterocycles. The average Bonchev–Trinajstić information content (AvgIpc) is 2.77. The molecule has 1 aromatic carbocycles. The number of rotatable bonds is 4. The molecule has 8 nitrogen and oxygen atoms in total. The summed E-state index contributed by atoms with van der Waals surface area (Å²) in [6, 6.07) is 6.31. The first-order valence-corrected chi connectivity index (χ1v) is 7.47. The number of hydrogen-bond donors (Lipinski definition) is 2. The second kappa shape index (κ2) is 6.98. The van der Waals surface area contributed by atoms with E-state index in [0.717, 1.165) is 0 Å². The Morgan fingerprint density at radius 2 is 1.79 bits per heavy atom. The number of amides is 3. The second-order valence-electron chi connectivity index (χ2n) is 6.25. The fourth-order valence-electron chi connectivity index (χ4n) is 2.07. The first kappa shape index (κ1) is 17.9. The van der Waals surface area contributed by atoms with Gasteiger partial charge in [-0.1, -0.05) is 18.2 Å². The molecule has 1 saturated heterocycles. The zero-order valence-electron chi connectivity index (χ0n) is 13.7. The van der Waals surface area contributed by atoms with Crippen LogP contribution >= 0.6 is 0 Å². The highest BCUT2D eigenvalue weighted by Crippen LogP contribution is 2.27. The number of carbonyl (C=O) groups excluding carboxylic acids is 3. The molecular formula is C16H20N2O6. The monoisotopic (exact) mass is 336 g/mol. The highest BCUT2D eigenvalue weighted by atomic mass is 16.8. The molecule has 1 atom stereocenters. The van der Waals surface area contributed by atoms with E-state index in [-0.39, 0.29) is 24.1 Å². The maximum Gasteiger partial charge on any atom is 0.412 e. The Morgan fingerprint density at radius 1 is 1.21 bits per heavy atom. The molecule has 130 valence electrons. The summed E-state index contributed by atoms with van der Waals surface area (Å²) in [4.78, 5) is 40.0. The molecule has 0 aliphatic carbocycles. The molecule has 0 saturated carbocycles. The number of benzene rings is 1. The number of carbonyl (C=O) groups is 3. The van der Waals surface area contributed by atoms with Gasteiger partial charge in [0.15, 0.2) is 0 Å². The van der Waals surface area contributed by atoms with Crippen LogP contribution in [0.1, 0.15) is 45.5 Å². The molecule has 24 heavy (non-hydrogen) atoms. The number of hydrogen-bond acceptors (Lipinski definition) is 6. The van der Waals surface area contributed by atoms with Gasteiger partial charge in [-0.2, -0.15) is 5.06 Å². The van der Waals surface area contributed by atoms with Crippen molar-refractivity contribution in [2.24, 2.45) is 0 Å². The molecule has 3 amide bonds. The van der Waals surface area contributed by atoms with Gasteiger partial charge in [0.25, 0.3) is 11.8 Å². The normalized spacial score (nSPS) is 16.2. The van der Waals surface area contributed by atoms with Crippen LogP contribution in [-0.2, 0) is 19.2 Å². The number of nitrogens with one attached hydrogen (secondary N) is 1. The van der Waals surface area contributed by atoms with E-state index in [4.69, 9.17) is 9.57 Å². The van der Waals surface area contributed by atoms with Crippen molar-refractivity contribution in [2.75, 3.05) is 5.32 Å². The van der Waals surface area contributed by atoms with Crippen LogP contribution in [0, 0.1) is 0 Å². The highest BCUT2D eigenvalue weighted by Gasteiger charge is 2.33. The molecule has 2 N–H and O–H groups in total. The number of aliphatic hydroxyl groups excluding tert-OH is 1. The molecule has 0 bridgehead atoms. The fourth-order valence-corrected chi connectivity index (χ4v) is 2.07. The Balaban J connectivity index is 2.11. The van der Waals surface area contributed by atoms with Gasteiger partial charge in [0.1, 0.15) is 5.60 Å². The summed E-state index contributed by atoms with van der Waals surface area (Å²) in [6.45, 7) is 5.17. The standard InChI is InChI=1S/C16H20N2O6/c1-16(2,3)23-15(22)17-11-7-5-4-6-10(11)14(21)24-18-12(19)8-9-13(18)20/h4-7,14,21H,8-9H2,1-3H3,(H,17,22). The summed E-state index contributed by atoms with van der Waals surface area (Å²) in [5.74, 6) is -1.03. The van der Waals surface area contributed by atoms with Crippen LogP contribution in [0.4, 0.5) is 10.5 Å². The molecule has 1 aromatic rings. The van der Waals surface area contributed by atoms with Crippen molar-refractivity contribution in [3.8, 4) is 0 Å². The Hall–Kier alpha value is -2.45. The van der Waals surface area contributed by atoms with Crippen LogP contribution in [0.5, 0.6) is 0 Å². The summed E-state index contributed by atoms with van der Waals surface area (Å²) < 4.78 is 5.15. The molecule has 1 heterocycles. The van der Waals surface area contributed by atoms with Gasteiger partial charge in [-0.25, -0.2) is 9.63 Å². The lowest BCUT2D eigenvalue weighted by Crippen LogP contribution is -2.31. The third-order valence-electron chi connectivity index (χ3n) is 3.07. The van der Waals surface area contributed by atoms with Crippen LogP contribution < -0.4 is 5.32 Å². The number of hydroxylamine groups is 2. The first-order chi connectivity index (χ1) is 11.2. The van der Waals surface area contributed by atoms with E-state index < -0.39 is 29.8 Å². The SMILES string of the molecule is CC(C)(C)OC(=O)Nc1ccccc1C(O)ON1C(=O)CCC1=O. The molecule has 8 heteroatoms. The predicted octanol–water partition coefficient (Wildman–Crippen LogP) is 2.11. The van der Waals surface area contributed by atoms with E-state index >= 15 is 0 Å². The lowest BCUT2D eigenvalue weighted by molar-refractivity contribution is -0.247. The zero-order valence-corrected chi connectivity index (χ0v) is 13.7. The third kappa shape index (κ3) is 4.53. The molecular weight excluding hydrogens is 316 g/mol. The van der Waals surface area contributed by atoms with Gasteiger partial charge in [-0.15, -0.1) is 0 Å². The summed E-state index contributed by atoms with van der Waals surface area (Å²) >= 11 is 0. The maximum atomic E-state index is 11.9. The van der Waals surface area contributed by atoms with Gasteiger partial charge in [-0.05, 0) is 26.8 Å². The highest BCUT2D eigenvalue weighted by molar-refractivity contribution is 6.00. The number of nitrogens with zero attached hydrogens (tertiary/aromatic N) is 1. The van der Waals surface area contributed by atoms with Gasteiger partial charge in [-0.3, -0.25) is 14.9 Å². The third-order valence-corrected chi connectivity index (χ3v) is 3.07. The molecule has 1 aliphatic rings. The van der Waals surface area contributed by atoms with E-state index in [0.29, 0.717) is 5.06 Å². The van der Waals surface area contributed by atoms with Gasteiger partial charge in [0.2, 0.25) is 6.29 Å². The smallest absolute Gasteiger partial charge is 0.412 e. The summed E-state index contributed by atoms with van der Waals surface area (Å²) in [5.41, 5.74) is -0.239. The minimum Gasteiger partial charge on any atom is -0.444 e. The number of para-hydroxylation sites is 1. The Kier molecular flexibility index (Phi) is 5.20. The van der Waals surface area contributed by atoms with Crippen molar-refractivity contribution in [2.45, 2.75) is 45.5 Å². The first-order valence-electron chi connectivity index (χ1n) is 7.47. The van der Waals surface area contributed by atoms with Gasteiger partial charge in [0.05, 0.1) is 5.69 Å². The number of aliphatic hydroxyl groups is 1. The van der Waals surface area contributed by atoms with Gasteiger partial charge in [0, 0.05) is 18.4 Å². The quantitative estimate of drug-likeness (QED) is 0.644. The largest absolute Gasteiger partial charge is 0.444 e. The van der Waals surface area contributed by atoms with Crippen LogP contribution in [0.25, 0.3) is 0 Å². The topological polar surface area (TPSA) is 105 Å². The molecule has 0 radical (unpaired) electrons. The Bertz CT molecular complexity index is 636. The minimum atomic E-state index is -1.60. The van der Waals surface area contributed by atoms with Crippen molar-refractivity contribution >= 4 is 23.6 Å². The molecule has 2 rings (SSSR count). The van der Waals surface area contributed by atoms with Crippen molar-refractivity contribution in [1.82, 2.24) is 5.06 Å². The number of ether oxygens (including phenoxy) is 1. The van der Waals surface area contributed by atoms with Crippen LogP contribution in [-0.4, -0.2) is 33.7 Å². The molecule has 0 spiro atoms. The van der Waals surface area contributed by atoms with Crippen molar-refractivity contribution in [3.05, 3.63) is 29.8 Å². The van der Waals surface area contributed by atoms with E-state index in [9.17, 15) is 19.5 Å². The van der Waals surface area contributed by atoms with E-state index in [1.165, 1.54) is 6.07 Å². The second-order valence-corrected chi connectivity index (χ2v) is 6.25. The Labute approximate surface area is 139 Å². The molecule has 1 aliphatic heterocycles. The van der Waals surface area contributed by atoms with E-state index in [1.807, 2.05) is 0 Å². The number of imide groups is 1. The minimum absolute atomic E-state index is 0.0450. The Morgan fingerprint density at radius 3 is 2.38 bits per heavy atom. The maximum absolute atomic E-state index is 11.9. The summed E-state index contributed by atoms with van der Waals surface area (Å²) in [6.07, 6.45) is -2.20. The van der Waals surface area contributed by atoms with E-state index in [1.54, 1.807) is 39.0 Å². The average molecular weight is 336 g/mol. The van der Waals surface area contributed by atoms with Crippen LogP contribution in [0.15, 0.2) is 24.3 Å². The molecule has 1 fully saturated rings. The van der Waals surface area contributed by atoms with Crippen molar-refractivity contribution in [1.29, 1.82) is 0 Å². The van der Waals surface area contributed by atoms with Crippen LogP contribution in [0.3, 0.4) is 0 Å². The van der Waals surface area contributed by atoms with Crippen LogP contribution in [0.2, 0.25) is 0 Å². The zero-order chi connectivity index (χ0) is 17.9. The van der Waals surface area contributed by atoms with Crippen molar-refractivity contribution < 1.29 is 29.1 Å². The van der Waals surface area contributed by atoms with E-state index in [2.05, 4.69) is 5.32 Å². The predicted molar refractivity (Wildman–Crippen MR) is 83.4 cm³/mol. The lowest BCUT2D eigenvalue weighted by atomic mass is 10.1. The summed E-state index contributed by atoms with van der Waals surface area (Å²) in [7, 11) is 0. The lowest BCUT2D eigenvalue weighted by Gasteiger charge is -2.22. The number of anilines is 1.